The van der Waals surface area contributed by atoms with Crippen LogP contribution in [0.5, 0.6) is 0 Å². The average Bonchev–Trinajstić information content (AvgIpc) is 3.94. The normalized spacial score (nSPS) is 18.7. The van der Waals surface area contributed by atoms with Crippen LogP contribution in [0, 0.1) is 12.3 Å². The number of anilines is 3. The quantitative estimate of drug-likeness (QED) is 0.0442. The maximum absolute atomic E-state index is 14.1. The van der Waals surface area contributed by atoms with Gasteiger partial charge in [0.2, 0.25) is 23.7 Å². The number of rotatable bonds is 23. The van der Waals surface area contributed by atoms with Crippen LogP contribution in [0.4, 0.5) is 17.5 Å². The Labute approximate surface area is 424 Å². The number of sulfone groups is 1. The molecule has 2 aromatic heterocycles. The van der Waals surface area contributed by atoms with E-state index in [0.717, 1.165) is 106 Å². The number of unbranched alkanes of at least 4 members (excludes halogenated alkanes) is 7. The molecule has 5 atom stereocenters. The number of carbonyl (C=O) groups excluding carboxylic acids is 3. The fraction of sp³-hybridized carbons (Fsp3) is 0.577. The minimum atomic E-state index is -3.53. The molecule has 0 bridgehead atoms. The second kappa shape index (κ2) is 25.1. The highest BCUT2D eigenvalue weighted by molar-refractivity contribution is 7.92. The molecule has 382 valence electrons. The number of aliphatic hydroxyl groups is 1. The number of carbonyl (C=O) groups is 3. The summed E-state index contributed by atoms with van der Waals surface area (Å²) in [6, 6.07) is 12.9. The van der Waals surface area contributed by atoms with Gasteiger partial charge >= 0.3 is 0 Å². The van der Waals surface area contributed by atoms with Gasteiger partial charge in [-0.05, 0) is 95.1 Å². The van der Waals surface area contributed by atoms with Crippen LogP contribution in [0.1, 0.15) is 136 Å². The van der Waals surface area contributed by atoms with E-state index in [9.17, 15) is 27.9 Å². The van der Waals surface area contributed by atoms with Crippen molar-refractivity contribution < 1.29 is 27.9 Å². The summed E-state index contributed by atoms with van der Waals surface area (Å²) in [5.74, 6) is -0.0923. The first-order chi connectivity index (χ1) is 33.3. The van der Waals surface area contributed by atoms with Crippen molar-refractivity contribution in [1.82, 2.24) is 35.4 Å². The summed E-state index contributed by atoms with van der Waals surface area (Å²) in [6.07, 6.45) is 11.6. The summed E-state index contributed by atoms with van der Waals surface area (Å²) in [5.41, 5.74) is 4.58. The van der Waals surface area contributed by atoms with Gasteiger partial charge in [0.05, 0.1) is 50.3 Å². The van der Waals surface area contributed by atoms with Crippen LogP contribution in [-0.4, -0.2) is 112 Å². The number of hydrogen-bond acceptors (Lipinski definition) is 13. The molecule has 2 aliphatic heterocycles. The summed E-state index contributed by atoms with van der Waals surface area (Å²) >= 11 is 8.05. The zero-order valence-electron chi connectivity index (χ0n) is 42.0. The first-order valence-electron chi connectivity index (χ1n) is 25.0. The molecule has 0 spiro atoms. The van der Waals surface area contributed by atoms with Gasteiger partial charge in [-0.2, -0.15) is 4.98 Å². The van der Waals surface area contributed by atoms with E-state index < -0.39 is 38.7 Å². The predicted molar refractivity (Wildman–Crippen MR) is 280 cm³/mol. The summed E-state index contributed by atoms with van der Waals surface area (Å²) < 4.78 is 26.0. The third-order valence-corrected chi connectivity index (χ3v) is 16.8. The number of piperidine rings is 1. The lowest BCUT2D eigenvalue weighted by Gasteiger charge is -2.35. The van der Waals surface area contributed by atoms with Gasteiger partial charge in [-0.15, -0.1) is 11.3 Å². The van der Waals surface area contributed by atoms with Crippen LogP contribution >= 0.6 is 22.9 Å². The standard InChI is InChI=1S/C52H74ClN9O6S2/c1-34(2)70(67,68)44-21-16-15-20-42(44)58-48-41(53)30-54-51(60-48)57-39-19-18-28-61(31-39)27-17-13-11-9-8-10-12-14-22-45(64)59-47(52(5,6)7)50(66)62-32-40(63)29-43(62)49(65)56-35(3)37-23-25-38(26-24-37)46-36(4)55-33-69-46/h15-16,20-21,23-26,30,33-35,39-40,43,47,63H,8-14,17-19,22,27-29,31-32H2,1-7H3,(H,56,65)(H,59,64)(H2,54,57,58,60)/t35-,39+,40-,43+,47+/m0/s1. The summed E-state index contributed by atoms with van der Waals surface area (Å²) in [5, 5.41) is 23.0. The molecule has 5 N–H and O–H groups in total. The molecule has 2 aromatic carbocycles. The van der Waals surface area contributed by atoms with Gasteiger partial charge in [0.1, 0.15) is 17.1 Å². The van der Waals surface area contributed by atoms with Gasteiger partial charge in [0, 0.05) is 32.0 Å². The highest BCUT2D eigenvalue weighted by atomic mass is 35.5. The van der Waals surface area contributed by atoms with Crippen molar-refractivity contribution in [2.75, 3.05) is 36.8 Å². The molecule has 2 saturated heterocycles. The number of aryl methyl sites for hydroxylation is 1. The van der Waals surface area contributed by atoms with Crippen LogP contribution in [0.25, 0.3) is 10.4 Å². The van der Waals surface area contributed by atoms with E-state index in [1.54, 1.807) is 49.4 Å². The van der Waals surface area contributed by atoms with Crippen LogP contribution in [-0.2, 0) is 24.2 Å². The third-order valence-electron chi connectivity index (χ3n) is 13.3. The minimum absolute atomic E-state index is 0.0308. The van der Waals surface area contributed by atoms with Crippen molar-refractivity contribution in [3.8, 4) is 10.4 Å². The number of aliphatic hydroxyl groups excluding tert-OH is 1. The second-order valence-corrected chi connectivity index (χ2v) is 24.1. The molecule has 2 fully saturated rings. The van der Waals surface area contributed by atoms with Crippen molar-refractivity contribution in [2.24, 2.45) is 5.41 Å². The fourth-order valence-electron chi connectivity index (χ4n) is 9.21. The molecule has 0 aliphatic carbocycles. The molecule has 4 aromatic rings. The van der Waals surface area contributed by atoms with Gasteiger partial charge in [-0.25, -0.2) is 18.4 Å². The van der Waals surface area contributed by atoms with E-state index in [4.69, 9.17) is 11.6 Å². The topological polar surface area (TPSA) is 199 Å². The Hall–Kier alpha value is -4.68. The van der Waals surface area contributed by atoms with E-state index in [2.05, 4.69) is 41.1 Å². The van der Waals surface area contributed by atoms with Crippen LogP contribution in [0.2, 0.25) is 5.02 Å². The number of aromatic nitrogens is 3. The highest BCUT2D eigenvalue weighted by Gasteiger charge is 2.44. The number of amides is 3. The van der Waals surface area contributed by atoms with Crippen molar-refractivity contribution in [3.05, 3.63) is 76.5 Å². The number of benzene rings is 2. The van der Waals surface area contributed by atoms with Crippen molar-refractivity contribution >= 4 is 68.0 Å². The molecule has 0 unspecified atom stereocenters. The van der Waals surface area contributed by atoms with E-state index in [-0.39, 0.29) is 47.7 Å². The molecule has 6 rings (SSSR count). The second-order valence-electron chi connectivity index (χ2n) is 20.3. The number of nitrogens with one attached hydrogen (secondary N) is 4. The molecular formula is C52H74ClN9O6S2. The number of thiazole rings is 1. The van der Waals surface area contributed by atoms with Crippen molar-refractivity contribution in [3.63, 3.8) is 0 Å². The Morgan fingerprint density at radius 2 is 1.60 bits per heavy atom. The Morgan fingerprint density at radius 3 is 2.27 bits per heavy atom. The Balaban J connectivity index is 0.862. The lowest BCUT2D eigenvalue weighted by atomic mass is 9.85. The molecule has 0 radical (unpaired) electrons. The summed E-state index contributed by atoms with van der Waals surface area (Å²) in [7, 11) is -3.53. The first-order valence-corrected chi connectivity index (χ1v) is 27.8. The van der Waals surface area contributed by atoms with Gasteiger partial charge in [-0.1, -0.05) is 107 Å². The molecule has 15 nitrogen and oxygen atoms in total. The number of hydrogen-bond donors (Lipinski definition) is 5. The van der Waals surface area contributed by atoms with Crippen molar-refractivity contribution in [1.29, 1.82) is 0 Å². The van der Waals surface area contributed by atoms with Gasteiger partial charge in [-0.3, -0.25) is 14.4 Å². The van der Waals surface area contributed by atoms with E-state index >= 15 is 0 Å². The SMILES string of the molecule is Cc1ncsc1-c1ccc([C@H](C)NC(=O)[C@H]2C[C@H](O)CN2C(=O)[C@@H](NC(=O)CCCCCCCCCCN2CCC[C@@H](Nc3ncc(Cl)c(Nc4ccccc4S(=O)(=O)C(C)C)n3)C2)C(C)(C)C)cc1. The number of nitrogens with zero attached hydrogens (tertiary/aromatic N) is 5. The minimum Gasteiger partial charge on any atom is -0.391 e. The zero-order valence-corrected chi connectivity index (χ0v) is 44.4. The lowest BCUT2D eigenvalue weighted by Crippen LogP contribution is -2.57. The molecule has 0 saturated carbocycles. The predicted octanol–water partition coefficient (Wildman–Crippen LogP) is 9.24. The molecule has 70 heavy (non-hydrogen) atoms. The number of para-hydroxylation sites is 1. The Kier molecular flexibility index (Phi) is 19.6. The Bertz CT molecular complexity index is 2480. The first kappa shape index (κ1) is 54.6. The zero-order chi connectivity index (χ0) is 50.6. The molecule has 18 heteroatoms. The third kappa shape index (κ3) is 14.9. The van der Waals surface area contributed by atoms with Gasteiger partial charge in [0.15, 0.2) is 15.7 Å². The van der Waals surface area contributed by atoms with Crippen LogP contribution in [0.15, 0.2) is 65.1 Å². The molecule has 4 heterocycles. The van der Waals surface area contributed by atoms with Crippen molar-refractivity contribution in [2.45, 2.75) is 166 Å². The average molecular weight is 1020 g/mol. The fourth-order valence-corrected chi connectivity index (χ4v) is 11.4. The molecule has 2 aliphatic rings. The number of β-amino-alcohol motifs (C(OH)–C–C–N with tert-alkyl or cyclic N) is 1. The van der Waals surface area contributed by atoms with E-state index in [1.807, 2.05) is 64.4 Å². The Morgan fingerprint density at radius 1 is 0.914 bits per heavy atom. The molecular weight excluding hydrogens is 946 g/mol. The maximum atomic E-state index is 14.1. The number of likely N-dealkylation sites (tertiary alicyclic amines) is 2. The number of halogens is 1. The maximum Gasteiger partial charge on any atom is 0.246 e. The van der Waals surface area contributed by atoms with E-state index in [0.29, 0.717) is 28.9 Å². The lowest BCUT2D eigenvalue weighted by molar-refractivity contribution is -0.144. The largest absolute Gasteiger partial charge is 0.391 e. The summed E-state index contributed by atoms with van der Waals surface area (Å²) in [4.78, 5) is 59.7. The van der Waals surface area contributed by atoms with Crippen LogP contribution in [0.3, 0.4) is 0 Å². The molecule has 3 amide bonds. The van der Waals surface area contributed by atoms with Crippen LogP contribution < -0.4 is 21.3 Å². The highest BCUT2D eigenvalue weighted by Crippen LogP contribution is 2.32. The van der Waals surface area contributed by atoms with Gasteiger partial charge in [0.25, 0.3) is 0 Å². The summed E-state index contributed by atoms with van der Waals surface area (Å²) in [6.45, 7) is 15.9. The monoisotopic (exact) mass is 1020 g/mol. The van der Waals surface area contributed by atoms with E-state index in [1.165, 1.54) is 11.1 Å². The smallest absolute Gasteiger partial charge is 0.246 e. The van der Waals surface area contributed by atoms with Gasteiger partial charge < -0.3 is 36.2 Å².